The van der Waals surface area contributed by atoms with Crippen molar-refractivity contribution in [3.8, 4) is 5.75 Å². The Morgan fingerprint density at radius 2 is 2.02 bits per heavy atom. The molecule has 2 heterocycles. The van der Waals surface area contributed by atoms with Gasteiger partial charge in [0.2, 0.25) is 11.8 Å². The molecule has 1 aliphatic rings. The van der Waals surface area contributed by atoms with Crippen molar-refractivity contribution in [1.29, 1.82) is 0 Å². The second-order valence-electron chi connectivity index (χ2n) is 9.83. The molecule has 10 nitrogen and oxygen atoms in total. The molecule has 1 atom stereocenters. The van der Waals surface area contributed by atoms with E-state index in [4.69, 9.17) is 9.47 Å². The molecule has 1 saturated heterocycles. The first-order valence-electron chi connectivity index (χ1n) is 13.8. The zero-order valence-corrected chi connectivity index (χ0v) is 25.3. The van der Waals surface area contributed by atoms with Crippen LogP contribution < -0.4 is 10.1 Å². The minimum Gasteiger partial charge on any atom is -0.496 e. The lowest BCUT2D eigenvalue weighted by atomic mass is 10.1. The number of aromatic nitrogens is 2. The number of amides is 2. The molecule has 1 unspecified atom stereocenters. The van der Waals surface area contributed by atoms with E-state index >= 15 is 0 Å². The van der Waals surface area contributed by atoms with Gasteiger partial charge in [0.25, 0.3) is 0 Å². The first-order valence-corrected chi connectivity index (χ1v) is 15.2. The molecular weight excluding hydrogens is 530 g/mol. The number of aryl methyl sites for hydroxylation is 1. The SMILES string of the molecule is CCSC.COc1ccccc1CN(CC(=O)NCC(=O)OC(C)C)CC1CCCN1C(=O)CCc1cnc[nH]1. The number of para-hydroxylation sites is 1. The van der Waals surface area contributed by atoms with Gasteiger partial charge < -0.3 is 24.7 Å². The van der Waals surface area contributed by atoms with Crippen LogP contribution in [0.5, 0.6) is 5.75 Å². The number of likely N-dealkylation sites (tertiary alicyclic amines) is 1. The molecule has 0 bridgehead atoms. The molecule has 0 saturated carbocycles. The molecule has 0 aliphatic carbocycles. The van der Waals surface area contributed by atoms with Crippen LogP contribution in [-0.2, 0) is 32.1 Å². The second-order valence-corrected chi connectivity index (χ2v) is 11.0. The number of rotatable bonds is 14. The average molecular weight is 576 g/mol. The van der Waals surface area contributed by atoms with Crippen LogP contribution in [0.2, 0.25) is 0 Å². The van der Waals surface area contributed by atoms with Crippen LogP contribution in [0.4, 0.5) is 0 Å². The van der Waals surface area contributed by atoms with Crippen molar-refractivity contribution in [3.05, 3.63) is 48.0 Å². The zero-order valence-electron chi connectivity index (χ0n) is 24.5. The van der Waals surface area contributed by atoms with Gasteiger partial charge in [-0.15, -0.1) is 0 Å². The van der Waals surface area contributed by atoms with Crippen LogP contribution in [0.3, 0.4) is 0 Å². The summed E-state index contributed by atoms with van der Waals surface area (Å²) in [5.41, 5.74) is 1.88. The number of carbonyl (C=O) groups is 3. The summed E-state index contributed by atoms with van der Waals surface area (Å²) in [6.07, 6.45) is 8.03. The first-order chi connectivity index (χ1) is 19.3. The number of nitrogens with one attached hydrogen (secondary N) is 2. The van der Waals surface area contributed by atoms with Crippen molar-refractivity contribution in [3.63, 3.8) is 0 Å². The number of thioether (sulfide) groups is 1. The highest BCUT2D eigenvalue weighted by Gasteiger charge is 2.30. The third kappa shape index (κ3) is 12.0. The standard InChI is InChI=1S/C26H37N5O5.C3H8S/c1-19(2)36-26(34)14-28-24(32)17-30(15-20-7-4-5-9-23(20)35-3)16-22-8-6-12-31(22)25(33)11-10-21-13-27-18-29-21;1-3-4-2/h4-5,7,9,13,18-19,22H,6,8,10-12,14-17H2,1-3H3,(H,27,29)(H,28,32);3H2,1-2H3. The molecule has 1 aromatic heterocycles. The number of ether oxygens (including phenoxy) is 2. The Balaban J connectivity index is 0.00000131. The van der Waals surface area contributed by atoms with Gasteiger partial charge in [-0.05, 0) is 51.2 Å². The minimum atomic E-state index is -0.473. The van der Waals surface area contributed by atoms with Gasteiger partial charge in [-0.25, -0.2) is 4.98 Å². The fraction of sp³-hybridized carbons (Fsp3) is 0.586. The highest BCUT2D eigenvalue weighted by molar-refractivity contribution is 7.98. The monoisotopic (exact) mass is 575 g/mol. The smallest absolute Gasteiger partial charge is 0.325 e. The number of methoxy groups -OCH3 is 1. The highest BCUT2D eigenvalue weighted by atomic mass is 32.2. The summed E-state index contributed by atoms with van der Waals surface area (Å²) in [5, 5.41) is 2.65. The molecule has 1 fully saturated rings. The van der Waals surface area contributed by atoms with Crippen molar-refractivity contribution < 1.29 is 23.9 Å². The molecule has 1 aliphatic heterocycles. The maximum atomic E-state index is 13.0. The Kier molecular flexibility index (Phi) is 15.2. The minimum absolute atomic E-state index is 0.00711. The van der Waals surface area contributed by atoms with Crippen molar-refractivity contribution in [2.24, 2.45) is 0 Å². The molecule has 0 radical (unpaired) electrons. The van der Waals surface area contributed by atoms with E-state index in [0.29, 0.717) is 32.5 Å². The van der Waals surface area contributed by atoms with Crippen LogP contribution in [0.1, 0.15) is 51.3 Å². The van der Waals surface area contributed by atoms with Gasteiger partial charge in [0.15, 0.2) is 0 Å². The Bertz CT molecular complexity index is 1030. The molecular formula is C29H45N5O5S. The Hall–Kier alpha value is -3.05. The number of imidazole rings is 1. The average Bonchev–Trinajstić information content (AvgIpc) is 3.63. The number of H-pyrrole nitrogens is 1. The first kappa shape index (κ1) is 33.2. The number of hydrogen-bond donors (Lipinski definition) is 2. The van der Waals surface area contributed by atoms with Crippen LogP contribution in [0, 0.1) is 0 Å². The van der Waals surface area contributed by atoms with Crippen LogP contribution in [0.25, 0.3) is 0 Å². The van der Waals surface area contributed by atoms with Crippen LogP contribution in [0.15, 0.2) is 36.8 Å². The molecule has 40 heavy (non-hydrogen) atoms. The summed E-state index contributed by atoms with van der Waals surface area (Å²) in [7, 11) is 1.62. The third-order valence-corrected chi connectivity index (χ3v) is 6.95. The van der Waals surface area contributed by atoms with Gasteiger partial charge in [-0.3, -0.25) is 19.3 Å². The topological polar surface area (TPSA) is 117 Å². The van der Waals surface area contributed by atoms with E-state index in [9.17, 15) is 14.4 Å². The fourth-order valence-corrected chi connectivity index (χ4v) is 4.45. The van der Waals surface area contributed by atoms with Gasteiger partial charge in [0.05, 0.1) is 26.1 Å². The summed E-state index contributed by atoms with van der Waals surface area (Å²) in [4.78, 5) is 48.6. The molecule has 3 rings (SSSR count). The summed E-state index contributed by atoms with van der Waals surface area (Å²) >= 11 is 1.86. The predicted molar refractivity (Wildman–Crippen MR) is 158 cm³/mol. The maximum Gasteiger partial charge on any atom is 0.325 e. The Labute approximate surface area is 242 Å². The number of aromatic amines is 1. The third-order valence-electron chi connectivity index (χ3n) is 6.37. The largest absolute Gasteiger partial charge is 0.496 e. The van der Waals surface area contributed by atoms with Crippen molar-refractivity contribution in [1.82, 2.24) is 25.1 Å². The lowest BCUT2D eigenvalue weighted by molar-refractivity contribution is -0.147. The Morgan fingerprint density at radius 1 is 1.27 bits per heavy atom. The number of carbonyl (C=O) groups excluding carboxylic acids is 3. The lowest BCUT2D eigenvalue weighted by Crippen LogP contribution is -2.46. The van der Waals surface area contributed by atoms with E-state index in [-0.39, 0.29) is 37.0 Å². The van der Waals surface area contributed by atoms with Crippen molar-refractivity contribution in [2.45, 2.75) is 65.1 Å². The van der Waals surface area contributed by atoms with E-state index in [1.807, 2.05) is 45.8 Å². The molecule has 2 aromatic rings. The Morgan fingerprint density at radius 3 is 2.67 bits per heavy atom. The molecule has 2 N–H and O–H groups in total. The number of hydrogen-bond acceptors (Lipinski definition) is 8. The van der Waals surface area contributed by atoms with Gasteiger partial charge >= 0.3 is 5.97 Å². The normalized spacial score (nSPS) is 14.6. The van der Waals surface area contributed by atoms with E-state index in [0.717, 1.165) is 29.8 Å². The van der Waals surface area contributed by atoms with Gasteiger partial charge in [0, 0.05) is 49.6 Å². The van der Waals surface area contributed by atoms with Crippen molar-refractivity contribution >= 4 is 29.5 Å². The highest BCUT2D eigenvalue weighted by Crippen LogP contribution is 2.23. The number of benzene rings is 1. The van der Waals surface area contributed by atoms with Crippen LogP contribution >= 0.6 is 11.8 Å². The van der Waals surface area contributed by atoms with Crippen molar-refractivity contribution in [2.75, 3.05) is 45.3 Å². The summed E-state index contributed by atoms with van der Waals surface area (Å²) < 4.78 is 10.6. The van der Waals surface area contributed by atoms with E-state index in [2.05, 4.69) is 28.5 Å². The predicted octanol–water partition coefficient (Wildman–Crippen LogP) is 3.28. The summed E-state index contributed by atoms with van der Waals surface area (Å²) in [6.45, 7) is 7.29. The van der Waals surface area contributed by atoms with Crippen LogP contribution in [-0.4, -0.2) is 95.0 Å². The van der Waals surface area contributed by atoms with E-state index < -0.39 is 5.97 Å². The van der Waals surface area contributed by atoms with Gasteiger partial charge in [-0.1, -0.05) is 25.1 Å². The van der Waals surface area contributed by atoms with E-state index in [1.165, 1.54) is 5.75 Å². The zero-order chi connectivity index (χ0) is 29.3. The molecule has 2 amide bonds. The summed E-state index contributed by atoms with van der Waals surface area (Å²) in [5.74, 6) is 1.33. The van der Waals surface area contributed by atoms with Gasteiger partial charge in [0.1, 0.15) is 12.3 Å². The lowest BCUT2D eigenvalue weighted by Gasteiger charge is -2.31. The molecule has 222 valence electrons. The quantitative estimate of drug-likeness (QED) is 0.330. The molecule has 1 aromatic carbocycles. The van der Waals surface area contributed by atoms with E-state index in [1.54, 1.807) is 33.5 Å². The fourth-order valence-electron chi connectivity index (χ4n) is 4.45. The second kappa shape index (κ2) is 18.3. The maximum absolute atomic E-state index is 13.0. The van der Waals surface area contributed by atoms with Gasteiger partial charge in [-0.2, -0.15) is 11.8 Å². The molecule has 0 spiro atoms. The molecule has 11 heteroatoms. The summed E-state index contributed by atoms with van der Waals surface area (Å²) in [6, 6.07) is 7.69. The number of esters is 1. The number of nitrogens with zero attached hydrogens (tertiary/aromatic N) is 3.